The van der Waals surface area contributed by atoms with E-state index in [0.717, 1.165) is 17.0 Å². The molecule has 0 aliphatic carbocycles. The molecule has 1 heterocycles. The summed E-state index contributed by atoms with van der Waals surface area (Å²) in [7, 11) is 0. The van der Waals surface area contributed by atoms with Gasteiger partial charge in [-0.1, -0.05) is 57.2 Å². The molecule has 0 bridgehead atoms. The van der Waals surface area contributed by atoms with Gasteiger partial charge in [0.25, 0.3) is 0 Å². The van der Waals surface area contributed by atoms with Crippen molar-refractivity contribution >= 4 is 0 Å². The summed E-state index contributed by atoms with van der Waals surface area (Å²) in [4.78, 5) is 4.56. The van der Waals surface area contributed by atoms with Crippen LogP contribution in [0.2, 0.25) is 0 Å². The number of hydrogen-bond acceptors (Lipinski definition) is 2. The van der Waals surface area contributed by atoms with Crippen LogP contribution in [0.1, 0.15) is 32.6 Å². The van der Waals surface area contributed by atoms with Gasteiger partial charge in [0.15, 0.2) is 0 Å². The summed E-state index contributed by atoms with van der Waals surface area (Å²) < 4.78 is 0. The molecule has 0 aliphatic rings. The molecule has 0 saturated carbocycles. The number of benzene rings is 1. The van der Waals surface area contributed by atoms with E-state index in [-0.39, 0.29) is 5.41 Å². The van der Waals surface area contributed by atoms with Gasteiger partial charge in [0.2, 0.25) is 0 Å². The molecule has 2 nitrogen and oxygen atoms in total. The van der Waals surface area contributed by atoms with Crippen molar-refractivity contribution in [2.45, 2.75) is 26.9 Å². The molecule has 0 amide bonds. The molecular weight excluding hydrogens is 222 g/mol. The Kier molecular flexibility index (Phi) is 3.48. The number of nitrogens with zero attached hydrogens (tertiary/aromatic N) is 1. The average molecular weight is 241 g/mol. The zero-order chi connectivity index (χ0) is 13.2. The fraction of sp³-hybridized carbons (Fsp3) is 0.312. The first-order valence-corrected chi connectivity index (χ1v) is 6.19. The maximum atomic E-state index is 10.3. The van der Waals surface area contributed by atoms with E-state index >= 15 is 0 Å². The second kappa shape index (κ2) is 4.91. The molecule has 2 heteroatoms. The summed E-state index contributed by atoms with van der Waals surface area (Å²) in [6.45, 7) is 6.03. The zero-order valence-corrected chi connectivity index (χ0v) is 11.1. The molecule has 1 aromatic heterocycles. The molecule has 0 aliphatic heterocycles. The van der Waals surface area contributed by atoms with Crippen molar-refractivity contribution < 1.29 is 5.11 Å². The fourth-order valence-corrected chi connectivity index (χ4v) is 1.82. The van der Waals surface area contributed by atoms with E-state index in [2.05, 4.69) is 4.98 Å². The topological polar surface area (TPSA) is 33.1 Å². The number of aromatic nitrogens is 1. The van der Waals surface area contributed by atoms with E-state index in [1.165, 1.54) is 0 Å². The quantitative estimate of drug-likeness (QED) is 0.866. The van der Waals surface area contributed by atoms with Crippen LogP contribution in [0.15, 0.2) is 48.5 Å². The van der Waals surface area contributed by atoms with Gasteiger partial charge < -0.3 is 5.11 Å². The second-order valence-corrected chi connectivity index (χ2v) is 5.58. The molecule has 0 radical (unpaired) electrons. The van der Waals surface area contributed by atoms with Gasteiger partial charge in [0, 0.05) is 5.56 Å². The van der Waals surface area contributed by atoms with Crippen molar-refractivity contribution in [1.29, 1.82) is 0 Å². The zero-order valence-electron chi connectivity index (χ0n) is 11.1. The van der Waals surface area contributed by atoms with Crippen molar-refractivity contribution in [1.82, 2.24) is 4.98 Å². The first-order chi connectivity index (χ1) is 8.48. The Hall–Kier alpha value is -1.67. The lowest BCUT2D eigenvalue weighted by atomic mass is 9.87. The maximum absolute atomic E-state index is 10.3. The Morgan fingerprint density at radius 3 is 2.22 bits per heavy atom. The van der Waals surface area contributed by atoms with Crippen LogP contribution in [-0.4, -0.2) is 10.1 Å². The van der Waals surface area contributed by atoms with Crippen molar-refractivity contribution in [3.05, 3.63) is 54.2 Å². The Balaban J connectivity index is 2.37. The molecule has 0 saturated heterocycles. The van der Waals surface area contributed by atoms with Gasteiger partial charge in [0.1, 0.15) is 6.10 Å². The van der Waals surface area contributed by atoms with Crippen LogP contribution in [0, 0.1) is 5.41 Å². The lowest BCUT2D eigenvalue weighted by molar-refractivity contribution is 0.0590. The van der Waals surface area contributed by atoms with E-state index in [1.807, 2.05) is 69.3 Å². The fourth-order valence-electron chi connectivity index (χ4n) is 1.82. The molecule has 18 heavy (non-hydrogen) atoms. The van der Waals surface area contributed by atoms with E-state index < -0.39 is 6.10 Å². The minimum absolute atomic E-state index is 0.206. The summed E-state index contributed by atoms with van der Waals surface area (Å²) in [6.07, 6.45) is -0.554. The monoisotopic (exact) mass is 241 g/mol. The first kappa shape index (κ1) is 12.8. The number of aliphatic hydroxyl groups is 1. The summed E-state index contributed by atoms with van der Waals surface area (Å²) in [5, 5.41) is 10.3. The van der Waals surface area contributed by atoms with Gasteiger partial charge in [0.05, 0.1) is 11.4 Å². The smallest absolute Gasteiger partial charge is 0.101 e. The minimum atomic E-state index is -0.554. The molecule has 0 spiro atoms. The standard InChI is InChI=1S/C16H19NO/c1-16(2,3)15(18)14-11-7-10-13(17-14)12-8-5-4-6-9-12/h4-11,15,18H,1-3H3/t15-/m1/s1. The lowest BCUT2D eigenvalue weighted by Gasteiger charge is -2.25. The summed E-state index contributed by atoms with van der Waals surface area (Å²) in [5.41, 5.74) is 2.49. The summed E-state index contributed by atoms with van der Waals surface area (Å²) in [6, 6.07) is 15.8. The molecule has 1 atom stereocenters. The van der Waals surface area contributed by atoms with Gasteiger partial charge in [-0.15, -0.1) is 0 Å². The summed E-state index contributed by atoms with van der Waals surface area (Å²) >= 11 is 0. The Morgan fingerprint density at radius 2 is 1.61 bits per heavy atom. The van der Waals surface area contributed by atoms with Gasteiger partial charge in [-0.25, -0.2) is 0 Å². The van der Waals surface area contributed by atoms with Crippen LogP contribution in [0.5, 0.6) is 0 Å². The number of hydrogen-bond donors (Lipinski definition) is 1. The highest BCUT2D eigenvalue weighted by atomic mass is 16.3. The maximum Gasteiger partial charge on any atom is 0.101 e. The van der Waals surface area contributed by atoms with E-state index in [1.54, 1.807) is 0 Å². The largest absolute Gasteiger partial charge is 0.386 e. The molecule has 94 valence electrons. The van der Waals surface area contributed by atoms with Crippen LogP contribution in [0.3, 0.4) is 0 Å². The van der Waals surface area contributed by atoms with Crippen molar-refractivity contribution in [2.24, 2.45) is 5.41 Å². The predicted octanol–water partition coefficient (Wildman–Crippen LogP) is 3.83. The van der Waals surface area contributed by atoms with Crippen LogP contribution in [-0.2, 0) is 0 Å². The number of aliphatic hydroxyl groups excluding tert-OH is 1. The van der Waals surface area contributed by atoms with Crippen LogP contribution < -0.4 is 0 Å². The van der Waals surface area contributed by atoms with E-state index in [0.29, 0.717) is 0 Å². The average Bonchev–Trinajstić information content (AvgIpc) is 2.38. The summed E-state index contributed by atoms with van der Waals surface area (Å²) in [5.74, 6) is 0. The SMILES string of the molecule is CC(C)(C)[C@H](O)c1cccc(-c2ccccc2)n1. The molecular formula is C16H19NO. The highest BCUT2D eigenvalue weighted by molar-refractivity contribution is 5.58. The molecule has 2 aromatic rings. The van der Waals surface area contributed by atoms with Crippen molar-refractivity contribution in [2.75, 3.05) is 0 Å². The number of rotatable bonds is 2. The van der Waals surface area contributed by atoms with Gasteiger partial charge in [-0.3, -0.25) is 4.98 Å². The molecule has 1 aromatic carbocycles. The molecule has 0 fully saturated rings. The highest BCUT2D eigenvalue weighted by Crippen LogP contribution is 2.32. The first-order valence-electron chi connectivity index (χ1n) is 6.19. The second-order valence-electron chi connectivity index (χ2n) is 5.58. The van der Waals surface area contributed by atoms with E-state index in [9.17, 15) is 5.11 Å². The predicted molar refractivity (Wildman–Crippen MR) is 74.1 cm³/mol. The van der Waals surface area contributed by atoms with E-state index in [4.69, 9.17) is 0 Å². The molecule has 1 N–H and O–H groups in total. The van der Waals surface area contributed by atoms with Crippen LogP contribution in [0.25, 0.3) is 11.3 Å². The third kappa shape index (κ3) is 2.77. The Labute approximate surface area is 108 Å². The molecule has 0 unspecified atom stereocenters. The van der Waals surface area contributed by atoms with Gasteiger partial charge >= 0.3 is 0 Å². The van der Waals surface area contributed by atoms with Crippen LogP contribution >= 0.6 is 0 Å². The lowest BCUT2D eigenvalue weighted by Crippen LogP contribution is -2.19. The normalized spacial score (nSPS) is 13.3. The van der Waals surface area contributed by atoms with Gasteiger partial charge in [-0.2, -0.15) is 0 Å². The minimum Gasteiger partial charge on any atom is -0.386 e. The molecule has 2 rings (SSSR count). The Bertz CT molecular complexity index is 514. The third-order valence-corrected chi connectivity index (χ3v) is 2.94. The van der Waals surface area contributed by atoms with Crippen molar-refractivity contribution in [3.8, 4) is 11.3 Å². The van der Waals surface area contributed by atoms with Crippen LogP contribution in [0.4, 0.5) is 0 Å². The van der Waals surface area contributed by atoms with Crippen molar-refractivity contribution in [3.63, 3.8) is 0 Å². The third-order valence-electron chi connectivity index (χ3n) is 2.94. The highest BCUT2D eigenvalue weighted by Gasteiger charge is 2.25. The van der Waals surface area contributed by atoms with Gasteiger partial charge in [-0.05, 0) is 17.5 Å². The number of pyridine rings is 1. The Morgan fingerprint density at radius 1 is 0.944 bits per heavy atom.